The van der Waals surface area contributed by atoms with Gasteiger partial charge in [0.05, 0.1) is 0 Å². The summed E-state index contributed by atoms with van der Waals surface area (Å²) >= 11 is 5.38. The SMILES string of the molecule is O=C(NCCC(c1ccccc1)c1ccccc1)c1c[nH]c(=S)n1-c1ccccc1. The lowest BCUT2D eigenvalue weighted by Crippen LogP contribution is -2.27. The van der Waals surface area contributed by atoms with Gasteiger partial charge in [-0.05, 0) is 41.9 Å². The summed E-state index contributed by atoms with van der Waals surface area (Å²) in [6, 6.07) is 30.5. The predicted octanol–water partition coefficient (Wildman–Crippen LogP) is 5.49. The first-order valence-corrected chi connectivity index (χ1v) is 10.4. The highest BCUT2D eigenvalue weighted by Gasteiger charge is 2.17. The average Bonchev–Trinajstić information content (AvgIpc) is 3.20. The third-order valence-electron chi connectivity index (χ3n) is 5.15. The molecule has 0 aliphatic rings. The molecule has 3 aromatic carbocycles. The van der Waals surface area contributed by atoms with Gasteiger partial charge in [-0.1, -0.05) is 78.9 Å². The summed E-state index contributed by atoms with van der Waals surface area (Å²) in [5.41, 5.74) is 3.85. The Kier molecular flexibility index (Phi) is 6.20. The van der Waals surface area contributed by atoms with Crippen molar-refractivity contribution in [3.63, 3.8) is 0 Å². The normalized spacial score (nSPS) is 10.8. The number of benzene rings is 3. The van der Waals surface area contributed by atoms with E-state index in [1.54, 1.807) is 10.8 Å². The molecular weight excluding hydrogens is 390 g/mol. The van der Waals surface area contributed by atoms with Crippen LogP contribution in [0.4, 0.5) is 0 Å². The van der Waals surface area contributed by atoms with E-state index in [2.05, 4.69) is 58.8 Å². The van der Waals surface area contributed by atoms with Crippen LogP contribution in [0.25, 0.3) is 5.69 Å². The number of aromatic nitrogens is 2. The van der Waals surface area contributed by atoms with Gasteiger partial charge in [0.1, 0.15) is 5.69 Å². The van der Waals surface area contributed by atoms with Crippen molar-refractivity contribution in [1.29, 1.82) is 0 Å². The number of nitrogens with zero attached hydrogens (tertiary/aromatic N) is 1. The number of aromatic amines is 1. The largest absolute Gasteiger partial charge is 0.351 e. The molecule has 5 heteroatoms. The molecule has 0 spiro atoms. The molecule has 4 rings (SSSR count). The minimum atomic E-state index is -0.147. The van der Waals surface area contributed by atoms with Gasteiger partial charge < -0.3 is 10.3 Å². The van der Waals surface area contributed by atoms with Crippen molar-refractivity contribution in [2.24, 2.45) is 0 Å². The molecule has 2 N–H and O–H groups in total. The van der Waals surface area contributed by atoms with Gasteiger partial charge in [0, 0.05) is 24.3 Å². The van der Waals surface area contributed by atoms with E-state index < -0.39 is 0 Å². The van der Waals surface area contributed by atoms with Crippen molar-refractivity contribution in [3.05, 3.63) is 119 Å². The van der Waals surface area contributed by atoms with E-state index in [1.807, 2.05) is 42.5 Å². The van der Waals surface area contributed by atoms with Crippen LogP contribution >= 0.6 is 12.2 Å². The highest BCUT2D eigenvalue weighted by Crippen LogP contribution is 2.27. The van der Waals surface area contributed by atoms with Gasteiger partial charge in [-0.15, -0.1) is 0 Å². The standard InChI is InChI=1S/C25H23N3OS/c29-24(23-18-27-25(30)28(23)21-14-8-3-9-15-21)26-17-16-22(19-10-4-1-5-11-19)20-12-6-2-7-13-20/h1-15,18,22H,16-17H2,(H,26,29)(H,27,30). The van der Waals surface area contributed by atoms with Crippen LogP contribution in [0, 0.1) is 4.77 Å². The Morgan fingerprint density at radius 3 is 1.97 bits per heavy atom. The molecule has 30 heavy (non-hydrogen) atoms. The lowest BCUT2D eigenvalue weighted by molar-refractivity contribution is 0.0946. The number of nitrogens with one attached hydrogen (secondary N) is 2. The maximum absolute atomic E-state index is 12.9. The highest BCUT2D eigenvalue weighted by molar-refractivity contribution is 7.71. The second kappa shape index (κ2) is 9.37. The van der Waals surface area contributed by atoms with Gasteiger partial charge in [-0.2, -0.15) is 0 Å². The van der Waals surface area contributed by atoms with E-state index >= 15 is 0 Å². The van der Waals surface area contributed by atoms with Crippen molar-refractivity contribution in [3.8, 4) is 5.69 Å². The quantitative estimate of drug-likeness (QED) is 0.394. The lowest BCUT2D eigenvalue weighted by Gasteiger charge is -2.18. The van der Waals surface area contributed by atoms with E-state index in [1.165, 1.54) is 11.1 Å². The molecule has 0 atom stereocenters. The summed E-state index contributed by atoms with van der Waals surface area (Å²) in [5.74, 6) is 0.0701. The number of rotatable bonds is 7. The first-order valence-electron chi connectivity index (χ1n) is 9.98. The fourth-order valence-electron chi connectivity index (χ4n) is 3.69. The Morgan fingerprint density at radius 2 is 1.40 bits per heavy atom. The van der Waals surface area contributed by atoms with Crippen LogP contribution in [-0.2, 0) is 0 Å². The van der Waals surface area contributed by atoms with Gasteiger partial charge >= 0.3 is 0 Å². The van der Waals surface area contributed by atoms with Crippen LogP contribution in [0.3, 0.4) is 0 Å². The fraction of sp³-hybridized carbons (Fsp3) is 0.120. The molecule has 0 saturated heterocycles. The summed E-state index contributed by atoms with van der Waals surface area (Å²) in [7, 11) is 0. The number of para-hydroxylation sites is 1. The third kappa shape index (κ3) is 4.42. The minimum absolute atomic E-state index is 0.147. The maximum atomic E-state index is 12.9. The first kappa shape index (κ1) is 19.9. The second-order valence-electron chi connectivity index (χ2n) is 7.07. The van der Waals surface area contributed by atoms with Gasteiger partial charge in [0.15, 0.2) is 4.77 Å². The Morgan fingerprint density at radius 1 is 0.867 bits per heavy atom. The Hall–Kier alpha value is -3.44. The molecule has 0 bridgehead atoms. The number of carbonyl (C=O) groups is 1. The zero-order valence-electron chi connectivity index (χ0n) is 16.5. The van der Waals surface area contributed by atoms with Gasteiger partial charge in [-0.25, -0.2) is 0 Å². The number of carbonyl (C=O) groups excluding carboxylic acids is 1. The molecule has 0 aliphatic heterocycles. The summed E-state index contributed by atoms with van der Waals surface area (Å²) in [6.07, 6.45) is 2.47. The molecule has 1 aromatic heterocycles. The second-order valence-corrected chi connectivity index (χ2v) is 7.46. The van der Waals surface area contributed by atoms with Gasteiger partial charge in [-0.3, -0.25) is 9.36 Å². The Labute approximate surface area is 181 Å². The van der Waals surface area contributed by atoms with Crippen LogP contribution < -0.4 is 5.32 Å². The molecule has 1 amide bonds. The van der Waals surface area contributed by atoms with E-state index in [4.69, 9.17) is 12.2 Å². The van der Waals surface area contributed by atoms with Crippen LogP contribution in [0.5, 0.6) is 0 Å². The zero-order valence-corrected chi connectivity index (χ0v) is 17.3. The fourth-order valence-corrected chi connectivity index (χ4v) is 3.95. The highest BCUT2D eigenvalue weighted by atomic mass is 32.1. The van der Waals surface area contributed by atoms with E-state index in [0.29, 0.717) is 17.0 Å². The van der Waals surface area contributed by atoms with E-state index in [0.717, 1.165) is 12.1 Å². The summed E-state index contributed by atoms with van der Waals surface area (Å²) < 4.78 is 2.26. The van der Waals surface area contributed by atoms with Crippen LogP contribution in [0.2, 0.25) is 0 Å². The number of imidazole rings is 1. The monoisotopic (exact) mass is 413 g/mol. The smallest absolute Gasteiger partial charge is 0.269 e. The Bertz CT molecular complexity index is 1110. The zero-order chi connectivity index (χ0) is 20.8. The Balaban J connectivity index is 1.50. The number of hydrogen-bond donors (Lipinski definition) is 2. The van der Waals surface area contributed by atoms with Gasteiger partial charge in [0.2, 0.25) is 0 Å². The van der Waals surface area contributed by atoms with Crippen molar-refractivity contribution >= 4 is 18.1 Å². The van der Waals surface area contributed by atoms with E-state index in [9.17, 15) is 4.79 Å². The molecule has 0 aliphatic carbocycles. The predicted molar refractivity (Wildman–Crippen MR) is 123 cm³/mol. The molecule has 0 radical (unpaired) electrons. The molecular formula is C25H23N3OS. The molecule has 1 heterocycles. The van der Waals surface area contributed by atoms with Crippen molar-refractivity contribution < 1.29 is 4.79 Å². The van der Waals surface area contributed by atoms with Crippen LogP contribution in [-0.4, -0.2) is 22.0 Å². The summed E-state index contributed by atoms with van der Waals surface area (Å²) in [5, 5.41) is 3.07. The lowest BCUT2D eigenvalue weighted by atomic mass is 9.88. The van der Waals surface area contributed by atoms with Crippen molar-refractivity contribution in [2.45, 2.75) is 12.3 Å². The van der Waals surface area contributed by atoms with Crippen molar-refractivity contribution in [2.75, 3.05) is 6.54 Å². The molecule has 4 nitrogen and oxygen atoms in total. The summed E-state index contributed by atoms with van der Waals surface area (Å²) in [6.45, 7) is 0.556. The molecule has 0 saturated carbocycles. The molecule has 4 aromatic rings. The first-order chi connectivity index (χ1) is 14.7. The number of amides is 1. The average molecular weight is 414 g/mol. The van der Waals surface area contributed by atoms with Crippen LogP contribution in [0.15, 0.2) is 97.2 Å². The summed E-state index contributed by atoms with van der Waals surface area (Å²) in [4.78, 5) is 15.9. The third-order valence-corrected chi connectivity index (χ3v) is 5.45. The van der Waals surface area contributed by atoms with Crippen molar-refractivity contribution in [1.82, 2.24) is 14.9 Å². The minimum Gasteiger partial charge on any atom is -0.351 e. The topological polar surface area (TPSA) is 49.8 Å². The molecule has 0 unspecified atom stereocenters. The maximum Gasteiger partial charge on any atom is 0.269 e. The molecule has 0 fully saturated rings. The van der Waals surface area contributed by atoms with E-state index in [-0.39, 0.29) is 11.8 Å². The molecule has 150 valence electrons. The number of hydrogen-bond acceptors (Lipinski definition) is 2. The number of H-pyrrole nitrogens is 1. The van der Waals surface area contributed by atoms with Crippen LogP contribution in [0.1, 0.15) is 34.0 Å². The van der Waals surface area contributed by atoms with Gasteiger partial charge in [0.25, 0.3) is 5.91 Å².